The maximum absolute atomic E-state index is 12.9. The van der Waals surface area contributed by atoms with Gasteiger partial charge in [-0.1, -0.05) is 10.3 Å². The van der Waals surface area contributed by atoms with Gasteiger partial charge >= 0.3 is 0 Å². The van der Waals surface area contributed by atoms with Gasteiger partial charge in [0.2, 0.25) is 0 Å². The van der Waals surface area contributed by atoms with E-state index in [1.807, 2.05) is 20.2 Å². The Bertz CT molecular complexity index is 770. The van der Waals surface area contributed by atoms with Gasteiger partial charge in [0.1, 0.15) is 17.2 Å². The Morgan fingerprint density at radius 3 is 2.70 bits per heavy atom. The number of halogens is 1. The van der Waals surface area contributed by atoms with Crippen LogP contribution in [0.2, 0.25) is 0 Å². The summed E-state index contributed by atoms with van der Waals surface area (Å²) in [6.07, 6.45) is 1.83. The van der Waals surface area contributed by atoms with Crippen LogP contribution in [0.5, 0.6) is 0 Å². The molecule has 0 saturated carbocycles. The summed E-state index contributed by atoms with van der Waals surface area (Å²) in [6, 6.07) is 6.20. The minimum absolute atomic E-state index is 0.255. The molecule has 6 nitrogen and oxygen atoms in total. The molecule has 0 aliphatic rings. The monoisotopic (exact) mass is 333 g/mol. The van der Waals surface area contributed by atoms with Gasteiger partial charge in [-0.05, 0) is 38.2 Å². The third-order valence-electron chi connectivity index (χ3n) is 3.24. The number of aryl methyl sites for hydroxylation is 1. The topological polar surface area (TPSA) is 67.1 Å². The predicted octanol–water partition coefficient (Wildman–Crippen LogP) is 3.35. The van der Waals surface area contributed by atoms with Crippen LogP contribution < -0.4 is 5.32 Å². The SMILES string of the molecule is Cc1nonc1CN(C)Cc1cnc(Nc2ccc(F)cc2)s1. The third-order valence-corrected chi connectivity index (χ3v) is 4.14. The number of hydrogen-bond donors (Lipinski definition) is 1. The van der Waals surface area contributed by atoms with Gasteiger partial charge in [0.15, 0.2) is 5.13 Å². The molecule has 120 valence electrons. The number of aromatic nitrogens is 3. The minimum Gasteiger partial charge on any atom is -0.332 e. The lowest BCUT2D eigenvalue weighted by Crippen LogP contribution is -2.17. The van der Waals surface area contributed by atoms with Crippen LogP contribution >= 0.6 is 11.3 Å². The van der Waals surface area contributed by atoms with E-state index in [1.54, 1.807) is 23.5 Å². The van der Waals surface area contributed by atoms with Crippen LogP contribution in [0.4, 0.5) is 15.2 Å². The van der Waals surface area contributed by atoms with Gasteiger partial charge in [0.05, 0.1) is 0 Å². The Balaban J connectivity index is 1.58. The van der Waals surface area contributed by atoms with Crippen molar-refractivity contribution >= 4 is 22.2 Å². The average Bonchev–Trinajstić information content (AvgIpc) is 3.11. The minimum atomic E-state index is -0.255. The lowest BCUT2D eigenvalue weighted by molar-refractivity contribution is 0.280. The van der Waals surface area contributed by atoms with Crippen molar-refractivity contribution < 1.29 is 9.02 Å². The number of thiazole rings is 1. The first-order chi connectivity index (χ1) is 11.1. The van der Waals surface area contributed by atoms with E-state index in [0.717, 1.165) is 33.6 Å². The van der Waals surface area contributed by atoms with Crippen LogP contribution in [0.25, 0.3) is 0 Å². The van der Waals surface area contributed by atoms with Gasteiger partial charge < -0.3 is 5.32 Å². The number of anilines is 2. The third kappa shape index (κ3) is 4.11. The zero-order valence-corrected chi connectivity index (χ0v) is 13.6. The van der Waals surface area contributed by atoms with Crippen LogP contribution in [0.15, 0.2) is 35.1 Å². The summed E-state index contributed by atoms with van der Waals surface area (Å²) in [5, 5.41) is 11.6. The summed E-state index contributed by atoms with van der Waals surface area (Å²) in [7, 11) is 2.00. The van der Waals surface area contributed by atoms with Crippen LogP contribution in [-0.2, 0) is 13.1 Å². The van der Waals surface area contributed by atoms with E-state index in [2.05, 4.69) is 25.5 Å². The van der Waals surface area contributed by atoms with Gasteiger partial charge in [-0.15, -0.1) is 11.3 Å². The van der Waals surface area contributed by atoms with Crippen molar-refractivity contribution in [3.63, 3.8) is 0 Å². The molecule has 0 aliphatic heterocycles. The molecule has 3 aromatic rings. The molecule has 2 heterocycles. The largest absolute Gasteiger partial charge is 0.332 e. The maximum Gasteiger partial charge on any atom is 0.187 e. The maximum atomic E-state index is 12.9. The molecule has 0 spiro atoms. The van der Waals surface area contributed by atoms with Crippen molar-refractivity contribution in [3.05, 3.63) is 52.5 Å². The second-order valence-corrected chi connectivity index (χ2v) is 6.35. The van der Waals surface area contributed by atoms with E-state index in [1.165, 1.54) is 12.1 Å². The van der Waals surface area contributed by atoms with E-state index in [0.29, 0.717) is 6.54 Å². The fourth-order valence-electron chi connectivity index (χ4n) is 2.07. The molecule has 0 bridgehead atoms. The van der Waals surface area contributed by atoms with Crippen molar-refractivity contribution in [2.45, 2.75) is 20.0 Å². The quantitative estimate of drug-likeness (QED) is 0.746. The highest BCUT2D eigenvalue weighted by atomic mass is 32.1. The van der Waals surface area contributed by atoms with Crippen LogP contribution in [0.3, 0.4) is 0 Å². The predicted molar refractivity (Wildman–Crippen MR) is 86.0 cm³/mol. The first-order valence-electron chi connectivity index (χ1n) is 7.04. The zero-order chi connectivity index (χ0) is 16.2. The van der Waals surface area contributed by atoms with Crippen LogP contribution in [0.1, 0.15) is 16.3 Å². The van der Waals surface area contributed by atoms with Crippen molar-refractivity contribution in [1.29, 1.82) is 0 Å². The summed E-state index contributed by atoms with van der Waals surface area (Å²) in [5.74, 6) is -0.255. The Morgan fingerprint density at radius 1 is 1.22 bits per heavy atom. The highest BCUT2D eigenvalue weighted by Crippen LogP contribution is 2.23. The Labute approximate surface area is 136 Å². The lowest BCUT2D eigenvalue weighted by Gasteiger charge is -2.13. The highest BCUT2D eigenvalue weighted by Gasteiger charge is 2.11. The van der Waals surface area contributed by atoms with Gasteiger partial charge in [0, 0.05) is 29.9 Å². The van der Waals surface area contributed by atoms with E-state index in [4.69, 9.17) is 4.63 Å². The Kier molecular flexibility index (Phi) is 4.63. The summed E-state index contributed by atoms with van der Waals surface area (Å²) in [4.78, 5) is 7.57. The summed E-state index contributed by atoms with van der Waals surface area (Å²) >= 11 is 1.56. The number of benzene rings is 1. The smallest absolute Gasteiger partial charge is 0.187 e. The van der Waals surface area contributed by atoms with Gasteiger partial charge in [-0.2, -0.15) is 0 Å². The molecule has 0 atom stereocenters. The molecule has 0 saturated heterocycles. The summed E-state index contributed by atoms with van der Waals surface area (Å²) in [6.45, 7) is 3.28. The molecular weight excluding hydrogens is 317 g/mol. The fourth-order valence-corrected chi connectivity index (χ4v) is 2.98. The number of nitrogens with one attached hydrogen (secondary N) is 1. The molecule has 0 radical (unpaired) electrons. The Hall–Kier alpha value is -2.32. The van der Waals surface area contributed by atoms with Crippen molar-refractivity contribution in [2.24, 2.45) is 0 Å². The molecular formula is C15H16FN5OS. The molecule has 23 heavy (non-hydrogen) atoms. The molecule has 1 aromatic carbocycles. The fraction of sp³-hybridized carbons (Fsp3) is 0.267. The number of rotatable bonds is 6. The second-order valence-electron chi connectivity index (χ2n) is 5.23. The number of hydrogen-bond acceptors (Lipinski definition) is 7. The zero-order valence-electron chi connectivity index (χ0n) is 12.8. The Morgan fingerprint density at radius 2 is 2.00 bits per heavy atom. The number of nitrogens with zero attached hydrogens (tertiary/aromatic N) is 4. The molecule has 3 rings (SSSR count). The molecule has 2 aromatic heterocycles. The molecule has 1 N–H and O–H groups in total. The molecule has 8 heteroatoms. The van der Waals surface area contributed by atoms with Crippen molar-refractivity contribution in [2.75, 3.05) is 12.4 Å². The van der Waals surface area contributed by atoms with Crippen molar-refractivity contribution in [1.82, 2.24) is 20.2 Å². The van der Waals surface area contributed by atoms with Gasteiger partial charge in [0.25, 0.3) is 0 Å². The lowest BCUT2D eigenvalue weighted by atomic mass is 10.3. The van der Waals surface area contributed by atoms with E-state index in [9.17, 15) is 4.39 Å². The van der Waals surface area contributed by atoms with Crippen molar-refractivity contribution in [3.8, 4) is 0 Å². The van der Waals surface area contributed by atoms with Gasteiger partial charge in [-0.3, -0.25) is 4.90 Å². The second kappa shape index (κ2) is 6.84. The average molecular weight is 333 g/mol. The molecule has 0 amide bonds. The normalized spacial score (nSPS) is 11.1. The van der Waals surface area contributed by atoms with Crippen LogP contribution in [0, 0.1) is 12.7 Å². The standard InChI is InChI=1S/C15H16FN5OS/c1-10-14(20-22-19-10)9-21(2)8-13-7-17-15(23-13)18-12-5-3-11(16)4-6-12/h3-7H,8-9H2,1-2H3,(H,17,18). The molecule has 0 fully saturated rings. The van der Waals surface area contributed by atoms with Crippen LogP contribution in [-0.4, -0.2) is 27.2 Å². The van der Waals surface area contributed by atoms with E-state index in [-0.39, 0.29) is 5.82 Å². The molecule has 0 aliphatic carbocycles. The first-order valence-corrected chi connectivity index (χ1v) is 7.85. The molecule has 0 unspecified atom stereocenters. The first kappa shape index (κ1) is 15.6. The van der Waals surface area contributed by atoms with Gasteiger partial charge in [-0.25, -0.2) is 14.0 Å². The van der Waals surface area contributed by atoms with E-state index < -0.39 is 0 Å². The summed E-state index contributed by atoms with van der Waals surface area (Å²) in [5.41, 5.74) is 2.45. The van der Waals surface area contributed by atoms with E-state index >= 15 is 0 Å². The summed E-state index contributed by atoms with van der Waals surface area (Å²) < 4.78 is 17.6. The highest BCUT2D eigenvalue weighted by molar-refractivity contribution is 7.15.